The lowest BCUT2D eigenvalue weighted by atomic mass is 10.1. The van der Waals surface area contributed by atoms with E-state index in [4.69, 9.17) is 4.74 Å². The van der Waals surface area contributed by atoms with Gasteiger partial charge in [0.05, 0.1) is 4.47 Å². The number of piperazine rings is 1. The van der Waals surface area contributed by atoms with E-state index in [2.05, 4.69) is 15.9 Å². The number of halogens is 2. The molecule has 1 aliphatic rings. The minimum atomic E-state index is -0.463. The second-order valence-electron chi connectivity index (χ2n) is 4.73. The van der Waals surface area contributed by atoms with Crippen molar-refractivity contribution in [3.63, 3.8) is 0 Å². The normalized spacial score (nSPS) is 15.2. The average molecular weight is 359 g/mol. The van der Waals surface area contributed by atoms with Crippen LogP contribution in [0.4, 0.5) is 4.39 Å². The van der Waals surface area contributed by atoms with Gasteiger partial charge in [-0.05, 0) is 34.1 Å². The van der Waals surface area contributed by atoms with Crippen LogP contribution in [0.15, 0.2) is 22.7 Å². The first-order valence-corrected chi connectivity index (χ1v) is 7.33. The number of benzene rings is 1. The van der Waals surface area contributed by atoms with Gasteiger partial charge in [-0.1, -0.05) is 0 Å². The second-order valence-corrected chi connectivity index (χ2v) is 5.59. The Kier molecular flexibility index (Phi) is 5.30. The summed E-state index contributed by atoms with van der Waals surface area (Å²) in [7, 11) is 1.47. The zero-order chi connectivity index (χ0) is 15.4. The fourth-order valence-electron chi connectivity index (χ4n) is 2.19. The molecule has 0 atom stereocenters. The van der Waals surface area contributed by atoms with E-state index in [1.807, 2.05) is 0 Å². The summed E-state index contributed by atoms with van der Waals surface area (Å²) in [6, 6.07) is 4.31. The zero-order valence-corrected chi connectivity index (χ0v) is 13.2. The maximum atomic E-state index is 13.5. The number of methoxy groups -OCH3 is 1. The molecule has 0 aromatic heterocycles. The highest BCUT2D eigenvalue weighted by atomic mass is 79.9. The Morgan fingerprint density at radius 1 is 1.24 bits per heavy atom. The Labute approximate surface area is 130 Å². The molecule has 7 heteroatoms. The topological polar surface area (TPSA) is 49.9 Å². The number of carbonyl (C=O) groups is 2. The van der Waals surface area contributed by atoms with Gasteiger partial charge in [-0.2, -0.15) is 0 Å². The smallest absolute Gasteiger partial charge is 0.254 e. The first-order valence-electron chi connectivity index (χ1n) is 6.54. The predicted molar refractivity (Wildman–Crippen MR) is 78.5 cm³/mol. The largest absolute Gasteiger partial charge is 0.375 e. The highest BCUT2D eigenvalue weighted by Gasteiger charge is 2.25. The molecule has 0 N–H and O–H groups in total. The fraction of sp³-hybridized carbons (Fsp3) is 0.429. The summed E-state index contributed by atoms with van der Waals surface area (Å²) in [5, 5.41) is 0. The van der Waals surface area contributed by atoms with Crippen molar-refractivity contribution >= 4 is 27.7 Å². The van der Waals surface area contributed by atoms with E-state index >= 15 is 0 Å². The van der Waals surface area contributed by atoms with Gasteiger partial charge in [0.15, 0.2) is 0 Å². The molecule has 0 radical (unpaired) electrons. The van der Waals surface area contributed by atoms with Gasteiger partial charge >= 0.3 is 0 Å². The molecule has 1 fully saturated rings. The molecule has 0 aliphatic carbocycles. The van der Waals surface area contributed by atoms with Crippen molar-refractivity contribution in [1.29, 1.82) is 0 Å². The van der Waals surface area contributed by atoms with Crippen LogP contribution >= 0.6 is 15.9 Å². The zero-order valence-electron chi connectivity index (χ0n) is 11.6. The van der Waals surface area contributed by atoms with Gasteiger partial charge in [-0.15, -0.1) is 0 Å². The van der Waals surface area contributed by atoms with Crippen molar-refractivity contribution in [3.05, 3.63) is 34.1 Å². The van der Waals surface area contributed by atoms with Crippen molar-refractivity contribution in [2.24, 2.45) is 0 Å². The Morgan fingerprint density at radius 2 is 1.86 bits per heavy atom. The van der Waals surface area contributed by atoms with Gasteiger partial charge in [-0.25, -0.2) is 4.39 Å². The molecule has 1 aromatic carbocycles. The molecule has 2 amide bonds. The maximum absolute atomic E-state index is 13.5. The summed E-state index contributed by atoms with van der Waals surface area (Å²) in [5.74, 6) is -0.769. The molecule has 1 aliphatic heterocycles. The van der Waals surface area contributed by atoms with E-state index < -0.39 is 5.82 Å². The molecule has 1 heterocycles. The minimum absolute atomic E-state index is 0.0475. The molecule has 21 heavy (non-hydrogen) atoms. The Balaban J connectivity index is 1.97. The molecule has 114 valence electrons. The number of ether oxygens (including phenoxy) is 1. The van der Waals surface area contributed by atoms with Gasteiger partial charge in [0.1, 0.15) is 12.4 Å². The number of hydrogen-bond donors (Lipinski definition) is 0. The minimum Gasteiger partial charge on any atom is -0.375 e. The molecular formula is C14H16BrFN2O3. The van der Waals surface area contributed by atoms with Crippen LogP contribution in [0.25, 0.3) is 0 Å². The van der Waals surface area contributed by atoms with Gasteiger partial charge < -0.3 is 14.5 Å². The molecule has 5 nitrogen and oxygen atoms in total. The molecule has 0 unspecified atom stereocenters. The summed E-state index contributed by atoms with van der Waals surface area (Å²) in [5.41, 5.74) is 0.312. The number of rotatable bonds is 3. The first kappa shape index (κ1) is 15.9. The van der Waals surface area contributed by atoms with E-state index in [9.17, 15) is 14.0 Å². The van der Waals surface area contributed by atoms with Gasteiger partial charge in [0.2, 0.25) is 5.91 Å². The van der Waals surface area contributed by atoms with Gasteiger partial charge in [0, 0.05) is 38.9 Å². The average Bonchev–Trinajstić information content (AvgIpc) is 2.50. The molecule has 1 saturated heterocycles. The van der Waals surface area contributed by atoms with Crippen LogP contribution < -0.4 is 0 Å². The van der Waals surface area contributed by atoms with Crippen LogP contribution in [-0.2, 0) is 9.53 Å². The highest BCUT2D eigenvalue weighted by molar-refractivity contribution is 9.10. The lowest BCUT2D eigenvalue weighted by Crippen LogP contribution is -2.51. The number of carbonyl (C=O) groups excluding carboxylic acids is 2. The maximum Gasteiger partial charge on any atom is 0.254 e. The van der Waals surface area contributed by atoms with E-state index in [1.165, 1.54) is 19.2 Å². The van der Waals surface area contributed by atoms with Crippen molar-refractivity contribution < 1.29 is 18.7 Å². The van der Waals surface area contributed by atoms with Crippen LogP contribution in [0.5, 0.6) is 0 Å². The molecule has 0 saturated carbocycles. The lowest BCUT2D eigenvalue weighted by molar-refractivity contribution is -0.136. The SMILES string of the molecule is COCC(=O)N1CCN(C(=O)c2ccc(Br)c(F)c2)CC1. The Bertz CT molecular complexity index is 545. The standard InChI is InChI=1S/C14H16BrFN2O3/c1-21-9-13(19)17-4-6-18(7-5-17)14(20)10-2-3-11(15)12(16)8-10/h2-3,8H,4-7,9H2,1H3. The van der Waals surface area contributed by atoms with Crippen molar-refractivity contribution in [1.82, 2.24) is 9.80 Å². The quantitative estimate of drug-likeness (QED) is 0.822. The van der Waals surface area contributed by atoms with E-state index in [-0.39, 0.29) is 18.4 Å². The van der Waals surface area contributed by atoms with E-state index in [1.54, 1.807) is 15.9 Å². The molecule has 0 bridgehead atoms. The molecular weight excluding hydrogens is 343 g/mol. The van der Waals surface area contributed by atoms with Crippen molar-refractivity contribution in [2.75, 3.05) is 39.9 Å². The lowest BCUT2D eigenvalue weighted by Gasteiger charge is -2.34. The molecule has 1 aromatic rings. The first-order chi connectivity index (χ1) is 10.0. The summed E-state index contributed by atoms with van der Waals surface area (Å²) in [4.78, 5) is 27.2. The van der Waals surface area contributed by atoms with Crippen LogP contribution in [0.2, 0.25) is 0 Å². The summed E-state index contributed by atoms with van der Waals surface area (Å²) in [6.07, 6.45) is 0. The summed E-state index contributed by atoms with van der Waals surface area (Å²) in [6.45, 7) is 1.85. The Morgan fingerprint density at radius 3 is 2.43 bits per heavy atom. The number of hydrogen-bond acceptors (Lipinski definition) is 3. The van der Waals surface area contributed by atoms with Crippen LogP contribution in [0.1, 0.15) is 10.4 Å². The second kappa shape index (κ2) is 7.00. The van der Waals surface area contributed by atoms with E-state index in [0.717, 1.165) is 0 Å². The third-order valence-corrected chi connectivity index (χ3v) is 4.00. The van der Waals surface area contributed by atoms with Crippen LogP contribution in [0, 0.1) is 5.82 Å². The fourth-order valence-corrected chi connectivity index (χ4v) is 2.43. The van der Waals surface area contributed by atoms with Crippen molar-refractivity contribution in [3.8, 4) is 0 Å². The monoisotopic (exact) mass is 358 g/mol. The summed E-state index contributed by atoms with van der Waals surface area (Å²) >= 11 is 3.06. The molecule has 2 rings (SSSR count). The Hall–Kier alpha value is -1.47. The highest BCUT2D eigenvalue weighted by Crippen LogP contribution is 2.18. The third kappa shape index (κ3) is 3.79. The van der Waals surface area contributed by atoms with Crippen LogP contribution in [-0.4, -0.2) is 61.5 Å². The summed E-state index contributed by atoms with van der Waals surface area (Å²) < 4.78 is 18.6. The van der Waals surface area contributed by atoms with Crippen LogP contribution in [0.3, 0.4) is 0 Å². The van der Waals surface area contributed by atoms with Gasteiger partial charge in [-0.3, -0.25) is 9.59 Å². The van der Waals surface area contributed by atoms with E-state index in [0.29, 0.717) is 36.2 Å². The van der Waals surface area contributed by atoms with Gasteiger partial charge in [0.25, 0.3) is 5.91 Å². The van der Waals surface area contributed by atoms with Crippen molar-refractivity contribution in [2.45, 2.75) is 0 Å². The third-order valence-electron chi connectivity index (χ3n) is 3.35. The number of nitrogens with zero attached hydrogens (tertiary/aromatic N) is 2. The predicted octanol–water partition coefficient (Wildman–Crippen LogP) is 1.52. The number of amides is 2. The molecule has 0 spiro atoms.